The molecular formula is C45H54ClN13O3. The molecule has 0 saturated carbocycles. The van der Waals surface area contributed by atoms with Crippen LogP contribution in [0.25, 0.3) is 11.1 Å². The number of fused-ring (bicyclic) bond motifs is 5. The van der Waals surface area contributed by atoms with E-state index in [0.29, 0.717) is 46.8 Å². The SMILES string of the molecule is CCc1c(-c2cc(Nc3cc4n(n3)CCN(C)C4)c(=O)n(C)c2)ccnc1N1CCn2c(cc3c2CC(C)(C)C3)C1=O.CN1CCn2nc(Nc3cc(Cl)cn(C)c3=O)cc2C1. The minimum absolute atomic E-state index is 0.00465. The van der Waals surface area contributed by atoms with Crippen molar-refractivity contribution in [3.8, 4) is 11.1 Å². The number of likely N-dealkylation sites (N-methyl/N-ethyl adjacent to an activating group) is 2. The van der Waals surface area contributed by atoms with Crippen LogP contribution in [-0.2, 0) is 66.1 Å². The molecule has 2 N–H and O–H groups in total. The lowest BCUT2D eigenvalue weighted by atomic mass is 9.90. The van der Waals surface area contributed by atoms with Crippen molar-refractivity contribution in [1.29, 1.82) is 0 Å². The van der Waals surface area contributed by atoms with E-state index in [1.54, 1.807) is 37.1 Å². The van der Waals surface area contributed by atoms with Crippen LogP contribution in [0.1, 0.15) is 59.5 Å². The van der Waals surface area contributed by atoms with Crippen LogP contribution in [0, 0.1) is 5.41 Å². The Balaban J connectivity index is 0.000000205. The van der Waals surface area contributed by atoms with Gasteiger partial charge < -0.3 is 24.3 Å². The molecule has 0 fully saturated rings. The van der Waals surface area contributed by atoms with Crippen LogP contribution in [0.5, 0.6) is 0 Å². The molecule has 62 heavy (non-hydrogen) atoms. The monoisotopic (exact) mass is 859 g/mol. The smallest absolute Gasteiger partial charge is 0.276 e. The van der Waals surface area contributed by atoms with Crippen LogP contribution in [0.15, 0.2) is 64.6 Å². The van der Waals surface area contributed by atoms with E-state index in [9.17, 15) is 14.4 Å². The summed E-state index contributed by atoms with van der Waals surface area (Å²) in [7, 11) is 7.61. The molecule has 4 aliphatic rings. The van der Waals surface area contributed by atoms with Crippen LogP contribution in [0.2, 0.25) is 5.02 Å². The van der Waals surface area contributed by atoms with Gasteiger partial charge in [0.1, 0.15) is 22.9 Å². The molecule has 0 aromatic carbocycles. The first-order valence-corrected chi connectivity index (χ1v) is 21.7. The van der Waals surface area contributed by atoms with Crippen molar-refractivity contribution in [2.45, 2.75) is 72.8 Å². The number of pyridine rings is 3. The minimum Gasteiger partial charge on any atom is -0.339 e. The molecule has 3 aliphatic heterocycles. The van der Waals surface area contributed by atoms with Gasteiger partial charge in [0.25, 0.3) is 17.0 Å². The van der Waals surface area contributed by atoms with E-state index >= 15 is 0 Å². The molecule has 6 aromatic heterocycles. The first-order chi connectivity index (χ1) is 29.6. The Morgan fingerprint density at radius 1 is 0.742 bits per heavy atom. The summed E-state index contributed by atoms with van der Waals surface area (Å²) >= 11 is 5.98. The summed E-state index contributed by atoms with van der Waals surface area (Å²) in [6, 6.07) is 11.6. The second-order valence-electron chi connectivity index (χ2n) is 17.9. The lowest BCUT2D eigenvalue weighted by Crippen LogP contribution is -2.41. The molecule has 324 valence electrons. The Hall–Kier alpha value is -5.97. The number of nitrogens with zero attached hydrogens (tertiary/aromatic N) is 11. The number of aryl methyl sites for hydroxylation is 2. The zero-order valence-electron chi connectivity index (χ0n) is 36.5. The molecule has 6 aromatic rings. The summed E-state index contributed by atoms with van der Waals surface area (Å²) in [6.45, 7) is 13.3. The Morgan fingerprint density at radius 3 is 1.98 bits per heavy atom. The van der Waals surface area contributed by atoms with Crippen molar-refractivity contribution >= 4 is 46.3 Å². The lowest BCUT2D eigenvalue weighted by molar-refractivity contribution is 0.0963. The van der Waals surface area contributed by atoms with Crippen molar-refractivity contribution < 1.29 is 4.79 Å². The third-order valence-electron chi connectivity index (χ3n) is 12.4. The molecule has 10 rings (SSSR count). The van der Waals surface area contributed by atoms with Crippen LogP contribution < -0.4 is 26.7 Å². The lowest BCUT2D eigenvalue weighted by Gasteiger charge is -2.31. The van der Waals surface area contributed by atoms with E-state index in [0.717, 1.165) is 92.4 Å². The maximum atomic E-state index is 13.9. The van der Waals surface area contributed by atoms with Crippen molar-refractivity contribution in [1.82, 2.24) is 48.0 Å². The third kappa shape index (κ3) is 7.86. The van der Waals surface area contributed by atoms with Crippen LogP contribution in [0.4, 0.5) is 28.8 Å². The van der Waals surface area contributed by atoms with Crippen molar-refractivity contribution in [2.24, 2.45) is 19.5 Å². The van der Waals surface area contributed by atoms with E-state index < -0.39 is 0 Å². The highest BCUT2D eigenvalue weighted by Crippen LogP contribution is 2.40. The predicted molar refractivity (Wildman–Crippen MR) is 242 cm³/mol. The molecule has 0 unspecified atom stereocenters. The molecule has 1 aliphatic carbocycles. The molecule has 0 radical (unpaired) electrons. The summed E-state index contributed by atoms with van der Waals surface area (Å²) < 4.78 is 9.26. The number of amides is 1. The number of nitrogens with one attached hydrogen (secondary N) is 2. The number of hydrogen-bond donors (Lipinski definition) is 2. The molecule has 16 nitrogen and oxygen atoms in total. The summed E-state index contributed by atoms with van der Waals surface area (Å²) in [4.78, 5) is 50.1. The van der Waals surface area contributed by atoms with Gasteiger partial charge in [-0.1, -0.05) is 32.4 Å². The van der Waals surface area contributed by atoms with Gasteiger partial charge in [-0.3, -0.25) is 38.4 Å². The van der Waals surface area contributed by atoms with Gasteiger partial charge in [0.05, 0.1) is 29.5 Å². The minimum atomic E-state index is -0.127. The van der Waals surface area contributed by atoms with Crippen LogP contribution >= 0.6 is 11.6 Å². The molecule has 17 heteroatoms. The summed E-state index contributed by atoms with van der Waals surface area (Å²) in [5.74, 6) is 2.04. The Labute approximate surface area is 365 Å². The first kappa shape index (κ1) is 41.4. The Bertz CT molecular complexity index is 2850. The Morgan fingerprint density at radius 2 is 1.35 bits per heavy atom. The van der Waals surface area contributed by atoms with Gasteiger partial charge >= 0.3 is 0 Å². The van der Waals surface area contributed by atoms with Gasteiger partial charge in [0.2, 0.25) is 0 Å². The fourth-order valence-electron chi connectivity index (χ4n) is 9.35. The zero-order valence-corrected chi connectivity index (χ0v) is 37.3. The van der Waals surface area contributed by atoms with E-state index in [4.69, 9.17) is 21.7 Å². The van der Waals surface area contributed by atoms with Crippen LogP contribution in [-0.4, -0.2) is 87.7 Å². The third-order valence-corrected chi connectivity index (χ3v) is 12.6. The van der Waals surface area contributed by atoms with Gasteiger partial charge in [0.15, 0.2) is 11.6 Å². The van der Waals surface area contributed by atoms with Crippen molar-refractivity contribution in [3.05, 3.63) is 115 Å². The molecule has 1 amide bonds. The van der Waals surface area contributed by atoms with Crippen molar-refractivity contribution in [2.75, 3.05) is 49.3 Å². The van der Waals surface area contributed by atoms with E-state index in [-0.39, 0.29) is 22.4 Å². The van der Waals surface area contributed by atoms with Gasteiger partial charge in [-0.05, 0) is 74.2 Å². The number of rotatable bonds is 7. The van der Waals surface area contributed by atoms with Gasteiger partial charge in [-0.2, -0.15) is 10.2 Å². The summed E-state index contributed by atoms with van der Waals surface area (Å²) in [6.07, 6.45) is 7.92. The highest BCUT2D eigenvalue weighted by molar-refractivity contribution is 6.30. The first-order valence-electron chi connectivity index (χ1n) is 21.3. The van der Waals surface area contributed by atoms with Gasteiger partial charge in [0, 0.05) is 101 Å². The predicted octanol–water partition coefficient (Wildman–Crippen LogP) is 5.41. The van der Waals surface area contributed by atoms with E-state index in [1.165, 1.54) is 15.8 Å². The number of anilines is 5. The number of carbonyl (C=O) groups excluding carboxylic acids is 1. The van der Waals surface area contributed by atoms with E-state index in [1.807, 2.05) is 44.7 Å². The fraction of sp³-hybridized carbons (Fsp3) is 0.422. The van der Waals surface area contributed by atoms with Gasteiger partial charge in [-0.15, -0.1) is 0 Å². The topological polar surface area (TPSA) is 148 Å². The summed E-state index contributed by atoms with van der Waals surface area (Å²) in [5.41, 5.74) is 9.37. The molecule has 9 heterocycles. The molecule has 0 bridgehead atoms. The number of aromatic nitrogens is 8. The molecule has 0 atom stereocenters. The summed E-state index contributed by atoms with van der Waals surface area (Å²) in [5, 5.41) is 16.0. The Kier molecular flexibility index (Phi) is 10.7. The molecule has 0 spiro atoms. The second-order valence-corrected chi connectivity index (χ2v) is 18.3. The standard InChI is InChI=1S/C32H38N8O2.C13H16ClN5O/c1-6-23-24(21-13-25(30(41)37(5)18-21)34-28-15-22-19-36(4)9-12-40(22)35-28)7-8-33-29(23)39-11-10-38-26(31(39)42)14-20-16-32(2,3)17-27(20)38;1-17-3-4-19-10(8-17)6-12(16-19)15-11-5-9(14)7-18(2)13(11)20/h7-8,13-15,18H,6,9-12,16-17,19H2,1-5H3,(H,34,35);5-7H,3-4,8H2,1-2H3,(H,15,16). The van der Waals surface area contributed by atoms with Crippen molar-refractivity contribution in [3.63, 3.8) is 0 Å². The molecule has 0 saturated heterocycles. The highest BCUT2D eigenvalue weighted by atomic mass is 35.5. The normalized spacial score (nSPS) is 16.9. The average molecular weight is 860 g/mol. The fourth-order valence-corrected chi connectivity index (χ4v) is 9.60. The zero-order chi connectivity index (χ0) is 43.6. The molecular weight excluding hydrogens is 806 g/mol. The second kappa shape index (κ2) is 16.1. The van der Waals surface area contributed by atoms with Crippen LogP contribution in [0.3, 0.4) is 0 Å². The average Bonchev–Trinajstić information content (AvgIpc) is 3.98. The quantitative estimate of drug-likeness (QED) is 0.214. The largest absolute Gasteiger partial charge is 0.339 e. The maximum absolute atomic E-state index is 13.9. The number of halogens is 1. The maximum Gasteiger partial charge on any atom is 0.276 e. The number of carbonyl (C=O) groups is 1. The van der Waals surface area contributed by atoms with Gasteiger partial charge in [-0.25, -0.2) is 4.98 Å². The number of hydrogen-bond acceptors (Lipinski definition) is 10. The van der Waals surface area contributed by atoms with E-state index in [2.05, 4.69) is 71.0 Å². The highest BCUT2D eigenvalue weighted by Gasteiger charge is 2.37.